The van der Waals surface area contributed by atoms with Gasteiger partial charge in [0.05, 0.1) is 0 Å². The number of halogens is 1. The number of guanidine groups is 1. The second kappa shape index (κ2) is 12.9. The lowest BCUT2D eigenvalue weighted by atomic mass is 9.79. The van der Waals surface area contributed by atoms with E-state index >= 15 is 0 Å². The number of nitrogens with zero attached hydrogens (tertiary/aromatic N) is 3. The second-order valence-electron chi connectivity index (χ2n) is 8.26. The van der Waals surface area contributed by atoms with Gasteiger partial charge in [-0.05, 0) is 49.7 Å². The summed E-state index contributed by atoms with van der Waals surface area (Å²) in [5.74, 6) is 2.29. The van der Waals surface area contributed by atoms with Crippen molar-refractivity contribution in [2.45, 2.75) is 52.0 Å². The van der Waals surface area contributed by atoms with E-state index < -0.39 is 0 Å². The first kappa shape index (κ1) is 25.4. The standard InChI is InChI=1S/C25H36N4O.HI/c1-4-21-19-28(18-15-23(21)22-12-6-5-7-13-22)25(26-3)27-16-8-9-17-29-20(2)11-10-14-24(29)30;/h5-7,10-14,21,23H,4,8-9,15-19H2,1-3H3,(H,26,27);1H. The van der Waals surface area contributed by atoms with Gasteiger partial charge in [-0.3, -0.25) is 9.79 Å². The minimum Gasteiger partial charge on any atom is -0.356 e. The van der Waals surface area contributed by atoms with Crippen molar-refractivity contribution in [2.24, 2.45) is 10.9 Å². The average Bonchev–Trinajstić information content (AvgIpc) is 2.78. The number of likely N-dealkylation sites (tertiary alicyclic amines) is 1. The minimum atomic E-state index is 0. The molecule has 5 nitrogen and oxygen atoms in total. The number of benzene rings is 1. The molecule has 3 rings (SSSR count). The highest BCUT2D eigenvalue weighted by atomic mass is 127. The molecule has 0 saturated carbocycles. The molecular formula is C25H37IN4O. The number of piperidine rings is 1. The molecule has 6 heteroatoms. The topological polar surface area (TPSA) is 49.6 Å². The van der Waals surface area contributed by atoms with Gasteiger partial charge in [0.2, 0.25) is 0 Å². The third kappa shape index (κ3) is 6.82. The van der Waals surface area contributed by atoms with Crippen molar-refractivity contribution in [2.75, 3.05) is 26.7 Å². The van der Waals surface area contributed by atoms with Crippen LogP contribution in [-0.2, 0) is 6.54 Å². The van der Waals surface area contributed by atoms with Crippen LogP contribution < -0.4 is 10.9 Å². The number of aliphatic imine (C=N–C) groups is 1. The Balaban J connectivity index is 0.00000341. The van der Waals surface area contributed by atoms with Gasteiger partial charge in [-0.1, -0.05) is 49.7 Å². The van der Waals surface area contributed by atoms with Crippen LogP contribution in [0.3, 0.4) is 0 Å². The zero-order valence-corrected chi connectivity index (χ0v) is 21.4. The Morgan fingerprint density at radius 1 is 1.13 bits per heavy atom. The molecule has 0 radical (unpaired) electrons. The summed E-state index contributed by atoms with van der Waals surface area (Å²) in [4.78, 5) is 18.9. The molecule has 2 atom stereocenters. The van der Waals surface area contributed by atoms with E-state index in [0.29, 0.717) is 11.8 Å². The first-order valence-corrected chi connectivity index (χ1v) is 11.3. The van der Waals surface area contributed by atoms with E-state index in [9.17, 15) is 4.79 Å². The molecule has 1 saturated heterocycles. The maximum absolute atomic E-state index is 12.0. The van der Waals surface area contributed by atoms with Gasteiger partial charge in [0.15, 0.2) is 5.96 Å². The van der Waals surface area contributed by atoms with E-state index in [4.69, 9.17) is 0 Å². The largest absolute Gasteiger partial charge is 0.356 e. The lowest BCUT2D eigenvalue weighted by molar-refractivity contribution is 0.215. The monoisotopic (exact) mass is 536 g/mol. The van der Waals surface area contributed by atoms with Crippen LogP contribution in [0.15, 0.2) is 58.3 Å². The Morgan fingerprint density at radius 3 is 2.58 bits per heavy atom. The van der Waals surface area contributed by atoms with E-state index in [1.54, 1.807) is 6.07 Å². The molecule has 1 aromatic heterocycles. The lowest BCUT2D eigenvalue weighted by Crippen LogP contribution is -2.48. The molecule has 0 amide bonds. The molecule has 0 aliphatic carbocycles. The van der Waals surface area contributed by atoms with Crippen LogP contribution in [-0.4, -0.2) is 42.1 Å². The number of pyridine rings is 1. The van der Waals surface area contributed by atoms with Crippen LogP contribution in [0.5, 0.6) is 0 Å². The molecule has 0 spiro atoms. The fourth-order valence-corrected chi connectivity index (χ4v) is 4.61. The van der Waals surface area contributed by atoms with Crippen molar-refractivity contribution in [1.29, 1.82) is 0 Å². The Morgan fingerprint density at radius 2 is 1.90 bits per heavy atom. The number of hydrogen-bond acceptors (Lipinski definition) is 2. The van der Waals surface area contributed by atoms with E-state index in [-0.39, 0.29) is 29.5 Å². The number of nitrogens with one attached hydrogen (secondary N) is 1. The molecule has 1 aromatic carbocycles. The van der Waals surface area contributed by atoms with Crippen LogP contribution >= 0.6 is 24.0 Å². The van der Waals surface area contributed by atoms with Crippen LogP contribution in [0.2, 0.25) is 0 Å². The number of aromatic nitrogens is 1. The van der Waals surface area contributed by atoms with Gasteiger partial charge in [-0.2, -0.15) is 0 Å². The first-order chi connectivity index (χ1) is 14.6. The maximum atomic E-state index is 12.0. The van der Waals surface area contributed by atoms with Crippen molar-refractivity contribution in [3.63, 3.8) is 0 Å². The summed E-state index contributed by atoms with van der Waals surface area (Å²) in [6.07, 6.45) is 4.33. The van der Waals surface area contributed by atoms with Crippen molar-refractivity contribution in [1.82, 2.24) is 14.8 Å². The fourth-order valence-electron chi connectivity index (χ4n) is 4.61. The summed E-state index contributed by atoms with van der Waals surface area (Å²) in [6.45, 7) is 8.02. The predicted molar refractivity (Wildman–Crippen MR) is 141 cm³/mol. The van der Waals surface area contributed by atoms with Crippen LogP contribution in [0.1, 0.15) is 49.8 Å². The number of rotatable bonds is 7. The zero-order chi connectivity index (χ0) is 21.3. The average molecular weight is 537 g/mol. The van der Waals surface area contributed by atoms with E-state index in [2.05, 4.69) is 52.5 Å². The number of hydrogen-bond donors (Lipinski definition) is 1. The Hall–Kier alpha value is -1.83. The van der Waals surface area contributed by atoms with Crippen LogP contribution in [0, 0.1) is 12.8 Å². The van der Waals surface area contributed by atoms with Crippen molar-refractivity contribution < 1.29 is 0 Å². The lowest BCUT2D eigenvalue weighted by Gasteiger charge is -2.40. The van der Waals surface area contributed by atoms with Gasteiger partial charge in [0, 0.05) is 45.0 Å². The molecule has 170 valence electrons. The van der Waals surface area contributed by atoms with Gasteiger partial charge >= 0.3 is 0 Å². The highest BCUT2D eigenvalue weighted by molar-refractivity contribution is 14.0. The Labute approximate surface area is 204 Å². The predicted octanol–water partition coefficient (Wildman–Crippen LogP) is 4.65. The SMILES string of the molecule is CCC1CN(C(=NC)NCCCCn2c(C)cccc2=O)CCC1c1ccccc1.I. The Kier molecular flexibility index (Phi) is 10.6. The number of aryl methyl sites for hydroxylation is 1. The molecule has 2 heterocycles. The van der Waals surface area contributed by atoms with E-state index in [1.807, 2.05) is 30.7 Å². The van der Waals surface area contributed by atoms with Crippen molar-refractivity contribution >= 4 is 29.9 Å². The fraction of sp³-hybridized carbons (Fsp3) is 0.520. The minimum absolute atomic E-state index is 0. The summed E-state index contributed by atoms with van der Waals surface area (Å²) in [7, 11) is 1.87. The van der Waals surface area contributed by atoms with Crippen LogP contribution in [0.4, 0.5) is 0 Å². The third-order valence-electron chi connectivity index (χ3n) is 6.36. The smallest absolute Gasteiger partial charge is 0.250 e. The molecule has 1 aliphatic heterocycles. The summed E-state index contributed by atoms with van der Waals surface area (Å²) < 4.78 is 1.86. The first-order valence-electron chi connectivity index (χ1n) is 11.3. The molecule has 1 aliphatic rings. The van der Waals surface area contributed by atoms with Gasteiger partial charge in [-0.25, -0.2) is 0 Å². The third-order valence-corrected chi connectivity index (χ3v) is 6.36. The van der Waals surface area contributed by atoms with Gasteiger partial charge in [0.25, 0.3) is 5.56 Å². The second-order valence-corrected chi connectivity index (χ2v) is 8.26. The van der Waals surface area contributed by atoms with E-state index in [1.165, 1.54) is 18.4 Å². The highest BCUT2D eigenvalue weighted by Gasteiger charge is 2.30. The molecule has 1 fully saturated rings. The molecule has 2 aromatic rings. The molecular weight excluding hydrogens is 499 g/mol. The van der Waals surface area contributed by atoms with Gasteiger partial charge in [-0.15, -0.1) is 24.0 Å². The maximum Gasteiger partial charge on any atom is 0.250 e. The molecule has 31 heavy (non-hydrogen) atoms. The molecule has 2 unspecified atom stereocenters. The number of unbranched alkanes of at least 4 members (excludes halogenated alkanes) is 1. The highest BCUT2D eigenvalue weighted by Crippen LogP contribution is 2.34. The van der Waals surface area contributed by atoms with Gasteiger partial charge < -0.3 is 14.8 Å². The summed E-state index contributed by atoms with van der Waals surface area (Å²) in [5, 5.41) is 3.54. The van der Waals surface area contributed by atoms with Gasteiger partial charge in [0.1, 0.15) is 0 Å². The summed E-state index contributed by atoms with van der Waals surface area (Å²) in [6, 6.07) is 16.4. The van der Waals surface area contributed by atoms with Crippen molar-refractivity contribution in [3.05, 3.63) is 70.1 Å². The van der Waals surface area contributed by atoms with Crippen LogP contribution in [0.25, 0.3) is 0 Å². The summed E-state index contributed by atoms with van der Waals surface area (Å²) in [5.41, 5.74) is 2.59. The zero-order valence-electron chi connectivity index (χ0n) is 19.1. The quantitative estimate of drug-likeness (QED) is 0.243. The molecule has 1 N–H and O–H groups in total. The summed E-state index contributed by atoms with van der Waals surface area (Å²) >= 11 is 0. The normalized spacial score (nSPS) is 19.1. The Bertz CT molecular complexity index is 881. The van der Waals surface area contributed by atoms with Crippen molar-refractivity contribution in [3.8, 4) is 0 Å². The molecule has 0 bridgehead atoms. The van der Waals surface area contributed by atoms with E-state index in [0.717, 1.165) is 50.7 Å².